The molecule has 1 rings (SSSR count). The van der Waals surface area contributed by atoms with Crippen LogP contribution in [0.15, 0.2) is 22.1 Å². The summed E-state index contributed by atoms with van der Waals surface area (Å²) < 4.78 is 5.00. The number of thioether (sulfide) groups is 1. The van der Waals surface area contributed by atoms with E-state index in [1.165, 1.54) is 24.2 Å². The maximum atomic E-state index is 10.9. The molecular weight excluding hydrogens is 216 g/mol. The Hall–Kier alpha value is -1.01. The summed E-state index contributed by atoms with van der Waals surface area (Å²) in [6.07, 6.45) is 3.00. The summed E-state index contributed by atoms with van der Waals surface area (Å²) >= 11 is 1.28. The molecule has 1 atom stereocenters. The van der Waals surface area contributed by atoms with Crippen molar-refractivity contribution in [3.63, 3.8) is 0 Å². The van der Waals surface area contributed by atoms with Crippen LogP contribution in [0.3, 0.4) is 0 Å². The van der Waals surface area contributed by atoms with Crippen molar-refractivity contribution in [3.8, 4) is 0 Å². The largest absolute Gasteiger partial charge is 0.480 e. The molecule has 1 heterocycles. The summed E-state index contributed by atoms with van der Waals surface area (Å²) in [4.78, 5) is 14.8. The summed E-state index contributed by atoms with van der Waals surface area (Å²) in [6.45, 7) is 3.82. The van der Waals surface area contributed by atoms with Gasteiger partial charge in [0, 0.05) is 11.8 Å². The highest BCUT2D eigenvalue weighted by Gasteiger charge is 2.18. The average Bonchev–Trinajstić information content (AvgIpc) is 2.63. The molecule has 1 unspecified atom stereocenters. The van der Waals surface area contributed by atoms with Gasteiger partial charge in [-0.15, -0.1) is 0 Å². The Morgan fingerprint density at radius 2 is 2.47 bits per heavy atom. The molecule has 0 aromatic carbocycles. The van der Waals surface area contributed by atoms with Crippen LogP contribution in [0.4, 0.5) is 0 Å². The van der Waals surface area contributed by atoms with E-state index in [9.17, 15) is 4.79 Å². The number of nitrogens with one attached hydrogen (secondary N) is 1. The van der Waals surface area contributed by atoms with Gasteiger partial charge >= 0.3 is 5.97 Å². The second-order valence-corrected chi connectivity index (χ2v) is 4.29. The van der Waals surface area contributed by atoms with E-state index < -0.39 is 12.0 Å². The number of carboxylic acid groups (broad SMARTS) is 1. The van der Waals surface area contributed by atoms with Crippen molar-refractivity contribution in [1.82, 2.24) is 10.3 Å². The van der Waals surface area contributed by atoms with Gasteiger partial charge in [-0.05, 0) is 0 Å². The average molecular weight is 230 g/mol. The number of aliphatic carboxylic acids is 1. The van der Waals surface area contributed by atoms with E-state index in [1.54, 1.807) is 0 Å². The molecule has 0 aliphatic heterocycles. The SMILES string of the molecule is CC(C)NC(CSc1ncco1)C(=O)O. The fourth-order valence-electron chi connectivity index (χ4n) is 1.03. The second-order valence-electron chi connectivity index (χ2n) is 3.32. The molecule has 0 spiro atoms. The van der Waals surface area contributed by atoms with Gasteiger partial charge in [-0.2, -0.15) is 0 Å². The van der Waals surface area contributed by atoms with Gasteiger partial charge in [0.25, 0.3) is 5.22 Å². The highest BCUT2D eigenvalue weighted by Crippen LogP contribution is 2.15. The lowest BCUT2D eigenvalue weighted by molar-refractivity contribution is -0.139. The van der Waals surface area contributed by atoms with E-state index in [0.717, 1.165) is 0 Å². The maximum Gasteiger partial charge on any atom is 0.321 e. The molecule has 6 heteroatoms. The first-order chi connectivity index (χ1) is 7.09. The Morgan fingerprint density at radius 3 is 2.93 bits per heavy atom. The van der Waals surface area contributed by atoms with Gasteiger partial charge in [0.05, 0.1) is 6.20 Å². The van der Waals surface area contributed by atoms with Crippen LogP contribution < -0.4 is 5.32 Å². The van der Waals surface area contributed by atoms with Crippen LogP contribution in [-0.4, -0.2) is 33.9 Å². The van der Waals surface area contributed by atoms with Crippen molar-refractivity contribution in [2.75, 3.05) is 5.75 Å². The first kappa shape index (κ1) is 12.1. The van der Waals surface area contributed by atoms with Gasteiger partial charge in [-0.3, -0.25) is 4.79 Å². The summed E-state index contributed by atoms with van der Waals surface area (Å²) in [7, 11) is 0. The number of carbonyl (C=O) groups is 1. The van der Waals surface area contributed by atoms with Crippen LogP contribution in [0.5, 0.6) is 0 Å². The Bertz CT molecular complexity index is 300. The molecule has 5 nitrogen and oxygen atoms in total. The van der Waals surface area contributed by atoms with E-state index in [1.807, 2.05) is 13.8 Å². The lowest BCUT2D eigenvalue weighted by Gasteiger charge is -2.15. The molecule has 0 saturated carbocycles. The number of oxazole rings is 1. The number of hydrogen-bond acceptors (Lipinski definition) is 5. The van der Waals surface area contributed by atoms with Gasteiger partial charge < -0.3 is 14.8 Å². The summed E-state index contributed by atoms with van der Waals surface area (Å²) in [5, 5.41) is 12.4. The number of nitrogens with zero attached hydrogens (tertiary/aromatic N) is 1. The monoisotopic (exact) mass is 230 g/mol. The zero-order chi connectivity index (χ0) is 11.3. The van der Waals surface area contributed by atoms with E-state index >= 15 is 0 Å². The predicted molar refractivity (Wildman–Crippen MR) is 56.9 cm³/mol. The number of aromatic nitrogens is 1. The maximum absolute atomic E-state index is 10.9. The minimum Gasteiger partial charge on any atom is -0.480 e. The topological polar surface area (TPSA) is 75.4 Å². The zero-order valence-corrected chi connectivity index (χ0v) is 9.45. The number of rotatable bonds is 6. The standard InChI is InChI=1S/C9H14N2O3S/c1-6(2)11-7(8(12)13)5-15-9-10-3-4-14-9/h3-4,6-7,11H,5H2,1-2H3,(H,12,13). The minimum atomic E-state index is -0.859. The van der Waals surface area contributed by atoms with Crippen molar-refractivity contribution in [1.29, 1.82) is 0 Å². The van der Waals surface area contributed by atoms with Crippen LogP contribution in [-0.2, 0) is 4.79 Å². The fraction of sp³-hybridized carbons (Fsp3) is 0.556. The van der Waals surface area contributed by atoms with E-state index in [-0.39, 0.29) is 6.04 Å². The normalized spacial score (nSPS) is 13.0. The van der Waals surface area contributed by atoms with Crippen LogP contribution >= 0.6 is 11.8 Å². The van der Waals surface area contributed by atoms with Crippen LogP contribution in [0.1, 0.15) is 13.8 Å². The van der Waals surface area contributed by atoms with Crippen molar-refractivity contribution >= 4 is 17.7 Å². The molecule has 0 amide bonds. The lowest BCUT2D eigenvalue weighted by atomic mass is 10.3. The van der Waals surface area contributed by atoms with E-state index in [0.29, 0.717) is 11.0 Å². The van der Waals surface area contributed by atoms with Crippen molar-refractivity contribution in [2.45, 2.75) is 31.2 Å². The molecule has 0 aliphatic rings. The smallest absolute Gasteiger partial charge is 0.321 e. The van der Waals surface area contributed by atoms with Crippen LogP contribution in [0.25, 0.3) is 0 Å². The quantitative estimate of drug-likeness (QED) is 0.716. The summed E-state index contributed by atoms with van der Waals surface area (Å²) in [5.74, 6) is -0.462. The molecule has 0 radical (unpaired) electrons. The third kappa shape index (κ3) is 4.35. The van der Waals surface area contributed by atoms with Gasteiger partial charge in [0.15, 0.2) is 0 Å². The predicted octanol–water partition coefficient (Wildman–Crippen LogP) is 1.22. The third-order valence-corrected chi connectivity index (χ3v) is 2.56. The van der Waals surface area contributed by atoms with Crippen molar-refractivity contribution < 1.29 is 14.3 Å². The van der Waals surface area contributed by atoms with Crippen molar-refractivity contribution in [2.24, 2.45) is 0 Å². The van der Waals surface area contributed by atoms with Gasteiger partial charge in [-0.25, -0.2) is 4.98 Å². The van der Waals surface area contributed by atoms with Crippen molar-refractivity contribution in [3.05, 3.63) is 12.5 Å². The molecular formula is C9H14N2O3S. The zero-order valence-electron chi connectivity index (χ0n) is 8.64. The minimum absolute atomic E-state index is 0.135. The molecule has 0 bridgehead atoms. The Kier molecular flexibility index (Phi) is 4.64. The van der Waals surface area contributed by atoms with Gasteiger partial charge in [0.1, 0.15) is 12.3 Å². The molecule has 1 aromatic rings. The summed E-state index contributed by atoms with van der Waals surface area (Å²) in [6, 6.07) is -0.446. The van der Waals surface area contributed by atoms with Gasteiger partial charge in [0.2, 0.25) is 0 Å². The summed E-state index contributed by atoms with van der Waals surface area (Å²) in [5.41, 5.74) is 0. The third-order valence-electron chi connectivity index (χ3n) is 1.62. The first-order valence-corrected chi connectivity index (χ1v) is 5.59. The fourth-order valence-corrected chi connectivity index (χ4v) is 1.84. The molecule has 0 fully saturated rings. The highest BCUT2D eigenvalue weighted by molar-refractivity contribution is 7.99. The molecule has 1 aromatic heterocycles. The Balaban J connectivity index is 2.41. The lowest BCUT2D eigenvalue weighted by Crippen LogP contribution is -2.42. The van der Waals surface area contributed by atoms with Crippen LogP contribution in [0.2, 0.25) is 0 Å². The molecule has 2 N–H and O–H groups in total. The highest BCUT2D eigenvalue weighted by atomic mass is 32.2. The molecule has 15 heavy (non-hydrogen) atoms. The van der Waals surface area contributed by atoms with E-state index in [4.69, 9.17) is 9.52 Å². The Labute approximate surface area is 92.3 Å². The first-order valence-electron chi connectivity index (χ1n) is 4.60. The Morgan fingerprint density at radius 1 is 1.73 bits per heavy atom. The van der Waals surface area contributed by atoms with Crippen LogP contribution in [0, 0.1) is 0 Å². The molecule has 0 aliphatic carbocycles. The number of hydrogen-bond donors (Lipinski definition) is 2. The van der Waals surface area contributed by atoms with Gasteiger partial charge in [-0.1, -0.05) is 25.6 Å². The molecule has 0 saturated heterocycles. The van der Waals surface area contributed by atoms with E-state index in [2.05, 4.69) is 10.3 Å². The number of carboxylic acids is 1. The second kappa shape index (κ2) is 5.77. The molecule has 84 valence electrons.